The minimum absolute atomic E-state index is 0.0327. The van der Waals surface area contributed by atoms with E-state index in [-0.39, 0.29) is 11.8 Å². The van der Waals surface area contributed by atoms with Gasteiger partial charge in [-0.3, -0.25) is 14.0 Å². The van der Waals surface area contributed by atoms with Crippen LogP contribution in [0.25, 0.3) is 16.8 Å². The lowest BCUT2D eigenvalue weighted by Crippen LogP contribution is -2.55. The molecule has 2 aromatic heterocycles. The van der Waals surface area contributed by atoms with Crippen LogP contribution in [0.15, 0.2) is 54.9 Å². The van der Waals surface area contributed by atoms with Crippen LogP contribution >= 0.6 is 0 Å². The minimum atomic E-state index is -0.489. The van der Waals surface area contributed by atoms with Crippen LogP contribution in [0.3, 0.4) is 0 Å². The molecule has 1 atom stereocenters. The maximum Gasteiger partial charge on any atom is 0.248 e. The smallest absolute Gasteiger partial charge is 0.248 e. The van der Waals surface area contributed by atoms with Gasteiger partial charge in [-0.05, 0) is 44.0 Å². The van der Waals surface area contributed by atoms with Crippen LogP contribution in [0.2, 0.25) is 0 Å². The third kappa shape index (κ3) is 5.36. The number of imidazole rings is 1. The Bertz CT molecular complexity index is 1660. The summed E-state index contributed by atoms with van der Waals surface area (Å²) in [6.07, 6.45) is 5.47. The molecule has 11 nitrogen and oxygen atoms in total. The summed E-state index contributed by atoms with van der Waals surface area (Å²) in [5.74, 6) is 2.61. The fourth-order valence-corrected chi connectivity index (χ4v) is 5.94. The van der Waals surface area contributed by atoms with Gasteiger partial charge in [0.15, 0.2) is 5.82 Å². The molecule has 2 aromatic carbocycles. The number of fused-ring (bicyclic) bond motifs is 1. The molecule has 4 aromatic rings. The molecule has 43 heavy (non-hydrogen) atoms. The normalized spacial score (nSPS) is 17.7. The number of likely N-dealkylation sites (tertiary alicyclic amines) is 1. The number of hydrogen-bond acceptors (Lipinski definition) is 8. The standard InChI is InChI=1S/C32H36N6O5/c1-32(18-43-19-32)31(40)37-13-4-5-23(17-37)30-36-26(20-6-8-21(9-7-20)28(33)39)27-29(34-12-14-38(27)30)35-16-22-10-11-24(41-2)15-25(22)42-3/h6-12,14-15,23H,4-5,13,16-19H2,1-3H3,(H2,33,39)(H,34,35)/t23-/m1/s1. The maximum absolute atomic E-state index is 13.4. The monoisotopic (exact) mass is 584 g/mol. The summed E-state index contributed by atoms with van der Waals surface area (Å²) in [6, 6.07) is 12.8. The predicted octanol–water partition coefficient (Wildman–Crippen LogP) is 3.87. The average molecular weight is 585 g/mol. The first-order valence-corrected chi connectivity index (χ1v) is 14.4. The van der Waals surface area contributed by atoms with E-state index < -0.39 is 11.3 Å². The van der Waals surface area contributed by atoms with Crippen molar-refractivity contribution in [3.63, 3.8) is 0 Å². The Hall–Kier alpha value is -4.64. The van der Waals surface area contributed by atoms with Crippen LogP contribution in [0, 0.1) is 5.41 Å². The highest BCUT2D eigenvalue weighted by Crippen LogP contribution is 2.37. The molecule has 2 aliphatic rings. The zero-order valence-corrected chi connectivity index (χ0v) is 24.6. The number of hydrogen-bond donors (Lipinski definition) is 2. The number of ether oxygens (including phenoxy) is 3. The number of nitrogens with one attached hydrogen (secondary N) is 1. The zero-order chi connectivity index (χ0) is 30.1. The summed E-state index contributed by atoms with van der Waals surface area (Å²) in [6.45, 7) is 4.67. The Labute approximate surface area is 250 Å². The molecule has 2 fully saturated rings. The lowest BCUT2D eigenvalue weighted by Gasteiger charge is -2.42. The first-order valence-electron chi connectivity index (χ1n) is 14.4. The second-order valence-corrected chi connectivity index (χ2v) is 11.4. The largest absolute Gasteiger partial charge is 0.497 e. The Morgan fingerprint density at radius 3 is 2.60 bits per heavy atom. The van der Waals surface area contributed by atoms with Crippen LogP contribution in [-0.4, -0.2) is 71.6 Å². The summed E-state index contributed by atoms with van der Waals surface area (Å²) in [4.78, 5) is 37.0. The highest BCUT2D eigenvalue weighted by molar-refractivity contribution is 5.94. The summed E-state index contributed by atoms with van der Waals surface area (Å²) < 4.78 is 18.4. The lowest BCUT2D eigenvalue weighted by atomic mass is 9.85. The first kappa shape index (κ1) is 28.5. The number of methoxy groups -OCH3 is 2. The van der Waals surface area contributed by atoms with Crippen LogP contribution in [-0.2, 0) is 16.1 Å². The molecule has 224 valence electrons. The van der Waals surface area contributed by atoms with Crippen molar-refractivity contribution in [3.8, 4) is 22.8 Å². The number of carbonyl (C=O) groups excluding carboxylic acids is 2. The van der Waals surface area contributed by atoms with Gasteiger partial charge in [-0.2, -0.15) is 0 Å². The first-order chi connectivity index (χ1) is 20.8. The number of amides is 2. The number of carbonyl (C=O) groups is 2. The Balaban J connectivity index is 1.39. The second kappa shape index (κ2) is 11.6. The van der Waals surface area contributed by atoms with Gasteiger partial charge in [0, 0.05) is 60.7 Å². The van der Waals surface area contributed by atoms with Crippen LogP contribution in [0.5, 0.6) is 11.5 Å². The number of primary amides is 1. The van der Waals surface area contributed by atoms with Crippen molar-refractivity contribution in [2.75, 3.05) is 45.8 Å². The van der Waals surface area contributed by atoms with E-state index in [0.29, 0.717) is 49.2 Å². The van der Waals surface area contributed by atoms with E-state index in [4.69, 9.17) is 29.9 Å². The Morgan fingerprint density at radius 2 is 1.93 bits per heavy atom. The number of rotatable bonds is 9. The average Bonchev–Trinajstić information content (AvgIpc) is 3.42. The van der Waals surface area contributed by atoms with Crippen molar-refractivity contribution >= 4 is 23.1 Å². The molecule has 0 saturated carbocycles. The minimum Gasteiger partial charge on any atom is -0.497 e. The van der Waals surface area contributed by atoms with Gasteiger partial charge in [-0.15, -0.1) is 0 Å². The summed E-state index contributed by atoms with van der Waals surface area (Å²) in [5.41, 5.74) is 8.77. The molecule has 0 radical (unpaired) electrons. The molecular weight excluding hydrogens is 548 g/mol. The number of nitrogens with two attached hydrogens (primary N) is 1. The van der Waals surface area contributed by atoms with E-state index in [1.54, 1.807) is 32.5 Å². The van der Waals surface area contributed by atoms with Crippen LogP contribution in [0.4, 0.5) is 5.82 Å². The van der Waals surface area contributed by atoms with Gasteiger partial charge in [0.05, 0.1) is 32.8 Å². The Kier molecular flexibility index (Phi) is 7.66. The number of anilines is 1. The van der Waals surface area contributed by atoms with Crippen LogP contribution < -0.4 is 20.5 Å². The van der Waals surface area contributed by atoms with Crippen molar-refractivity contribution in [3.05, 3.63) is 71.8 Å². The molecule has 0 aliphatic carbocycles. The van der Waals surface area contributed by atoms with Gasteiger partial charge in [-0.25, -0.2) is 9.97 Å². The summed E-state index contributed by atoms with van der Waals surface area (Å²) in [7, 11) is 3.25. The summed E-state index contributed by atoms with van der Waals surface area (Å²) in [5, 5.41) is 3.49. The van der Waals surface area contributed by atoms with Crippen molar-refractivity contribution in [2.24, 2.45) is 11.1 Å². The molecule has 0 unspecified atom stereocenters. The van der Waals surface area contributed by atoms with Gasteiger partial charge in [0.1, 0.15) is 28.5 Å². The van der Waals surface area contributed by atoms with Crippen molar-refractivity contribution < 1.29 is 23.8 Å². The quantitative estimate of drug-likeness (QED) is 0.303. The number of aromatic nitrogens is 3. The molecule has 0 spiro atoms. The Morgan fingerprint density at radius 1 is 1.14 bits per heavy atom. The van der Waals surface area contributed by atoms with Crippen molar-refractivity contribution in [2.45, 2.75) is 32.2 Å². The fraction of sp³-hybridized carbons (Fsp3) is 0.375. The van der Waals surface area contributed by atoms with E-state index in [1.165, 1.54) is 0 Å². The highest BCUT2D eigenvalue weighted by Gasteiger charge is 2.44. The highest BCUT2D eigenvalue weighted by atomic mass is 16.5. The predicted molar refractivity (Wildman–Crippen MR) is 161 cm³/mol. The van der Waals surface area contributed by atoms with Gasteiger partial charge in [0.2, 0.25) is 11.8 Å². The fourth-order valence-electron chi connectivity index (χ4n) is 5.94. The van der Waals surface area contributed by atoms with Crippen molar-refractivity contribution in [1.29, 1.82) is 0 Å². The molecule has 2 aliphatic heterocycles. The van der Waals surface area contributed by atoms with Gasteiger partial charge in [0.25, 0.3) is 0 Å². The van der Waals surface area contributed by atoms with Gasteiger partial charge >= 0.3 is 0 Å². The molecule has 2 amide bonds. The van der Waals surface area contributed by atoms with E-state index in [2.05, 4.69) is 9.72 Å². The molecule has 2 saturated heterocycles. The molecule has 0 bridgehead atoms. The molecule has 4 heterocycles. The van der Waals surface area contributed by atoms with Gasteiger partial charge in [-0.1, -0.05) is 12.1 Å². The maximum atomic E-state index is 13.4. The van der Waals surface area contributed by atoms with Crippen LogP contribution in [0.1, 0.15) is 47.4 Å². The molecule has 11 heteroatoms. The number of piperidine rings is 1. The molecule has 3 N–H and O–H groups in total. The van der Waals surface area contributed by atoms with Crippen molar-refractivity contribution in [1.82, 2.24) is 19.3 Å². The molecule has 6 rings (SSSR count). The summed E-state index contributed by atoms with van der Waals surface area (Å²) >= 11 is 0. The lowest BCUT2D eigenvalue weighted by molar-refractivity contribution is -0.169. The van der Waals surface area contributed by atoms with E-state index in [0.717, 1.165) is 47.5 Å². The number of benzene rings is 2. The molecular formula is C32H36N6O5. The zero-order valence-electron chi connectivity index (χ0n) is 24.6. The second-order valence-electron chi connectivity index (χ2n) is 11.4. The van der Waals surface area contributed by atoms with E-state index in [9.17, 15) is 9.59 Å². The van der Waals surface area contributed by atoms with E-state index in [1.807, 2.05) is 48.4 Å². The topological polar surface area (TPSA) is 133 Å². The SMILES string of the molecule is COc1ccc(CNc2nccn3c([C@@H]4CCCN(C(=O)C5(C)COC5)C4)nc(-c4ccc(C(N)=O)cc4)c23)c(OC)c1. The van der Waals surface area contributed by atoms with E-state index >= 15 is 0 Å². The third-order valence-electron chi connectivity index (χ3n) is 8.40. The van der Waals surface area contributed by atoms with Gasteiger partial charge < -0.3 is 30.2 Å². The number of nitrogens with zero attached hydrogens (tertiary/aromatic N) is 4. The third-order valence-corrected chi connectivity index (χ3v) is 8.40.